The number of carbonyl (C=O) groups is 1. The summed E-state index contributed by atoms with van der Waals surface area (Å²) in [6.07, 6.45) is 0.635. The first kappa shape index (κ1) is 7.31. The molecular weight excluding hydrogens is 178 g/mol. The third kappa shape index (κ3) is 1.08. The van der Waals surface area contributed by atoms with Crippen LogP contribution >= 0.6 is 11.6 Å². The maximum absolute atomic E-state index is 10.3. The normalized spacial score (nSPS) is 10.4. The molecule has 0 spiro atoms. The average Bonchev–Trinajstić information content (AvgIpc) is 2.46. The van der Waals surface area contributed by atoms with Crippen molar-refractivity contribution in [2.45, 2.75) is 0 Å². The van der Waals surface area contributed by atoms with Crippen molar-refractivity contribution in [2.75, 3.05) is 0 Å². The Hall–Kier alpha value is -1.35. The Morgan fingerprint density at radius 3 is 3.08 bits per heavy atom. The molecule has 0 aliphatic heterocycles. The van der Waals surface area contributed by atoms with E-state index in [4.69, 9.17) is 16.0 Å². The molecule has 2 heterocycles. The predicted octanol–water partition coefficient (Wildman–Crippen LogP) is 2.29. The fourth-order valence-electron chi connectivity index (χ4n) is 0.976. The molecule has 0 aliphatic carbocycles. The van der Waals surface area contributed by atoms with Gasteiger partial charge in [0.2, 0.25) is 0 Å². The Morgan fingerprint density at radius 2 is 2.33 bits per heavy atom. The van der Waals surface area contributed by atoms with Crippen LogP contribution in [0.1, 0.15) is 10.6 Å². The minimum Gasteiger partial charge on any atom is -0.452 e. The molecule has 3 nitrogen and oxygen atoms in total. The van der Waals surface area contributed by atoms with Gasteiger partial charge in [-0.1, -0.05) is 11.6 Å². The molecule has 0 fully saturated rings. The van der Waals surface area contributed by atoms with Gasteiger partial charge in [-0.25, -0.2) is 4.98 Å². The third-order valence-corrected chi connectivity index (χ3v) is 1.69. The van der Waals surface area contributed by atoms with Gasteiger partial charge in [-0.15, -0.1) is 0 Å². The van der Waals surface area contributed by atoms with E-state index < -0.39 is 0 Å². The van der Waals surface area contributed by atoms with Crippen LogP contribution in [0, 0.1) is 0 Å². The van der Waals surface area contributed by atoms with Gasteiger partial charge >= 0.3 is 0 Å². The molecule has 2 aromatic rings. The summed E-state index contributed by atoms with van der Waals surface area (Å²) in [7, 11) is 0. The molecule has 0 bridgehead atoms. The minimum atomic E-state index is 0.264. The molecule has 2 rings (SSSR count). The number of nitrogens with zero attached hydrogens (tertiary/aromatic N) is 1. The molecule has 0 unspecified atom stereocenters. The number of pyridine rings is 1. The van der Waals surface area contributed by atoms with Gasteiger partial charge in [0.25, 0.3) is 0 Å². The number of carbonyl (C=O) groups excluding carboxylic acids is 1. The zero-order chi connectivity index (χ0) is 8.55. The molecule has 2 aromatic heterocycles. The highest BCUT2D eigenvalue weighted by Gasteiger charge is 2.03. The van der Waals surface area contributed by atoms with E-state index in [-0.39, 0.29) is 5.76 Å². The fraction of sp³-hybridized carbons (Fsp3) is 0. The molecule has 0 amide bonds. The van der Waals surface area contributed by atoms with Crippen molar-refractivity contribution in [1.82, 2.24) is 4.98 Å². The van der Waals surface area contributed by atoms with Crippen LogP contribution in [0.2, 0.25) is 5.15 Å². The molecule has 0 radical (unpaired) electrons. The van der Waals surface area contributed by atoms with Gasteiger partial charge < -0.3 is 4.42 Å². The first-order valence-corrected chi connectivity index (χ1v) is 3.68. The number of hydrogen-bond acceptors (Lipinski definition) is 3. The number of furan rings is 1. The Bertz CT molecular complexity index is 436. The van der Waals surface area contributed by atoms with Gasteiger partial charge in [0.1, 0.15) is 10.7 Å². The first-order chi connectivity index (χ1) is 5.79. The van der Waals surface area contributed by atoms with Gasteiger partial charge in [-0.2, -0.15) is 0 Å². The lowest BCUT2D eigenvalue weighted by atomic mass is 10.4. The van der Waals surface area contributed by atoms with Crippen molar-refractivity contribution in [1.29, 1.82) is 0 Å². The highest BCUT2D eigenvalue weighted by Crippen LogP contribution is 2.18. The van der Waals surface area contributed by atoms with Gasteiger partial charge in [-0.05, 0) is 12.1 Å². The molecule has 0 aliphatic rings. The van der Waals surface area contributed by atoms with Gasteiger partial charge in [0.05, 0.1) is 0 Å². The van der Waals surface area contributed by atoms with E-state index >= 15 is 0 Å². The molecule has 0 saturated carbocycles. The van der Waals surface area contributed by atoms with Crippen LogP contribution in [-0.4, -0.2) is 11.3 Å². The first-order valence-electron chi connectivity index (χ1n) is 3.31. The summed E-state index contributed by atoms with van der Waals surface area (Å²) in [5.74, 6) is 0.264. The monoisotopic (exact) mass is 181 g/mol. The zero-order valence-electron chi connectivity index (χ0n) is 5.95. The lowest BCUT2D eigenvalue weighted by Crippen LogP contribution is -1.72. The summed E-state index contributed by atoms with van der Waals surface area (Å²) in [4.78, 5) is 14.3. The second-order valence-electron chi connectivity index (χ2n) is 2.28. The van der Waals surface area contributed by atoms with Crippen molar-refractivity contribution in [2.24, 2.45) is 0 Å². The van der Waals surface area contributed by atoms with Crippen LogP contribution in [0.3, 0.4) is 0 Å². The van der Waals surface area contributed by atoms with E-state index in [0.717, 1.165) is 0 Å². The standard InChI is InChI=1S/C8H4ClNO2/c9-8-2-1-7-6(10-8)3-5(4-11)12-7/h1-4H. The van der Waals surface area contributed by atoms with Crippen molar-refractivity contribution in [3.8, 4) is 0 Å². The van der Waals surface area contributed by atoms with Crippen molar-refractivity contribution in [3.05, 3.63) is 29.1 Å². The quantitative estimate of drug-likeness (QED) is 0.501. The van der Waals surface area contributed by atoms with Crippen molar-refractivity contribution in [3.63, 3.8) is 0 Å². The summed E-state index contributed by atoms with van der Waals surface area (Å²) >= 11 is 5.63. The number of aromatic nitrogens is 1. The van der Waals surface area contributed by atoms with Gasteiger partial charge in [-0.3, -0.25) is 4.79 Å². The van der Waals surface area contributed by atoms with Crippen LogP contribution in [0.5, 0.6) is 0 Å². The summed E-state index contributed by atoms with van der Waals surface area (Å²) in [6, 6.07) is 4.84. The predicted molar refractivity (Wildman–Crippen MR) is 44.4 cm³/mol. The van der Waals surface area contributed by atoms with Crippen LogP contribution < -0.4 is 0 Å². The molecule has 60 valence electrons. The number of aldehydes is 1. The molecule has 0 aromatic carbocycles. The van der Waals surface area contributed by atoms with Gasteiger partial charge in [0.15, 0.2) is 17.6 Å². The summed E-state index contributed by atoms with van der Waals surface area (Å²) in [6.45, 7) is 0. The molecule has 12 heavy (non-hydrogen) atoms. The number of rotatable bonds is 1. The minimum absolute atomic E-state index is 0.264. The van der Waals surface area contributed by atoms with Crippen molar-refractivity contribution >= 4 is 29.0 Å². The van der Waals surface area contributed by atoms with Gasteiger partial charge in [0, 0.05) is 6.07 Å². The van der Waals surface area contributed by atoms with Crippen molar-refractivity contribution < 1.29 is 9.21 Å². The highest BCUT2D eigenvalue weighted by molar-refractivity contribution is 6.29. The highest BCUT2D eigenvalue weighted by atomic mass is 35.5. The van der Waals surface area contributed by atoms with Crippen LogP contribution in [0.25, 0.3) is 11.1 Å². The van der Waals surface area contributed by atoms with E-state index in [1.807, 2.05) is 0 Å². The summed E-state index contributed by atoms with van der Waals surface area (Å²) < 4.78 is 5.08. The SMILES string of the molecule is O=Cc1cc2nc(Cl)ccc2o1. The van der Waals surface area contributed by atoms with Crippen LogP contribution in [0.4, 0.5) is 0 Å². The summed E-state index contributed by atoms with van der Waals surface area (Å²) in [5.41, 5.74) is 1.17. The second-order valence-corrected chi connectivity index (χ2v) is 2.67. The Morgan fingerprint density at radius 1 is 1.50 bits per heavy atom. The number of hydrogen-bond donors (Lipinski definition) is 0. The lowest BCUT2D eigenvalue weighted by Gasteiger charge is -1.86. The zero-order valence-corrected chi connectivity index (χ0v) is 6.71. The maximum Gasteiger partial charge on any atom is 0.185 e. The maximum atomic E-state index is 10.3. The lowest BCUT2D eigenvalue weighted by molar-refractivity contribution is 0.110. The van der Waals surface area contributed by atoms with E-state index in [1.165, 1.54) is 0 Å². The Balaban J connectivity index is 2.75. The van der Waals surface area contributed by atoms with Crippen LogP contribution in [-0.2, 0) is 0 Å². The molecule has 0 atom stereocenters. The van der Waals surface area contributed by atoms with E-state index in [2.05, 4.69) is 4.98 Å². The molecule has 0 saturated heterocycles. The average molecular weight is 182 g/mol. The third-order valence-electron chi connectivity index (χ3n) is 1.47. The summed E-state index contributed by atoms with van der Waals surface area (Å²) in [5, 5.41) is 0.390. The fourth-order valence-corrected chi connectivity index (χ4v) is 1.13. The Labute approximate surface area is 73.0 Å². The van der Waals surface area contributed by atoms with Crippen LogP contribution in [0.15, 0.2) is 22.6 Å². The number of halogens is 1. The van der Waals surface area contributed by atoms with E-state index in [0.29, 0.717) is 22.5 Å². The molecule has 4 heteroatoms. The Kier molecular flexibility index (Phi) is 1.59. The van der Waals surface area contributed by atoms with E-state index in [1.54, 1.807) is 18.2 Å². The second kappa shape index (κ2) is 2.60. The topological polar surface area (TPSA) is 43.1 Å². The van der Waals surface area contributed by atoms with E-state index in [9.17, 15) is 4.79 Å². The number of fused-ring (bicyclic) bond motifs is 1. The smallest absolute Gasteiger partial charge is 0.185 e. The molecule has 0 N–H and O–H groups in total. The molecular formula is C8H4ClNO2. The largest absolute Gasteiger partial charge is 0.452 e.